The molecule has 10 nitrogen and oxygen atoms in total. The largest absolute Gasteiger partial charge is 0.491 e. The lowest BCUT2D eigenvalue weighted by molar-refractivity contribution is -0.133. The number of carbonyl (C=O) groups excluding carboxylic acids is 2. The first-order valence-electron chi connectivity index (χ1n) is 13.2. The molecule has 1 saturated heterocycles. The zero-order chi connectivity index (χ0) is 28.9. The van der Waals surface area contributed by atoms with Gasteiger partial charge in [0.05, 0.1) is 18.2 Å². The van der Waals surface area contributed by atoms with Crippen LogP contribution in [0.25, 0.3) is 0 Å². The highest BCUT2D eigenvalue weighted by Crippen LogP contribution is 2.36. The van der Waals surface area contributed by atoms with Crippen molar-refractivity contribution in [2.24, 2.45) is 4.99 Å². The van der Waals surface area contributed by atoms with E-state index >= 15 is 0 Å². The van der Waals surface area contributed by atoms with Crippen molar-refractivity contribution in [3.05, 3.63) is 82.4 Å². The van der Waals surface area contributed by atoms with Crippen molar-refractivity contribution in [2.75, 3.05) is 39.1 Å². The van der Waals surface area contributed by atoms with Crippen molar-refractivity contribution in [3.63, 3.8) is 0 Å². The van der Waals surface area contributed by atoms with Gasteiger partial charge in [-0.1, -0.05) is 35.4 Å². The monoisotopic (exact) mass is 568 g/mol. The highest BCUT2D eigenvalue weighted by molar-refractivity contribution is 6.31. The third-order valence-corrected chi connectivity index (χ3v) is 6.51. The van der Waals surface area contributed by atoms with Crippen LogP contribution >= 0.6 is 11.6 Å². The van der Waals surface area contributed by atoms with E-state index in [0.29, 0.717) is 55.7 Å². The van der Waals surface area contributed by atoms with E-state index < -0.39 is 6.17 Å². The van der Waals surface area contributed by atoms with E-state index in [1.54, 1.807) is 49.7 Å². The first-order chi connectivity index (χ1) is 19.3. The summed E-state index contributed by atoms with van der Waals surface area (Å²) in [5, 5.41) is 6.47. The number of methoxy groups -OCH3 is 1. The number of anilines is 1. The smallest absolute Gasteiger partial charge is 0.267 e. The molecule has 11 heteroatoms. The second-order valence-corrected chi connectivity index (χ2v) is 9.56. The van der Waals surface area contributed by atoms with E-state index in [4.69, 9.17) is 26.8 Å². The number of ether oxygens (including phenoxy) is 2. The van der Waals surface area contributed by atoms with Crippen LogP contribution in [0, 0.1) is 0 Å². The molecule has 0 radical (unpaired) electrons. The summed E-state index contributed by atoms with van der Waals surface area (Å²) in [5.74, 6) is 1.02. The molecular weight excluding hydrogens is 532 g/mol. The van der Waals surface area contributed by atoms with Gasteiger partial charge in [0.1, 0.15) is 17.7 Å². The number of allylic oxidation sites excluding steroid dienone is 7. The molecule has 1 aromatic heterocycles. The Morgan fingerprint density at radius 2 is 2.15 bits per heavy atom. The number of nitrogens with two attached hydrogens (primary N) is 1. The molecule has 3 aliphatic rings. The first kappa shape index (κ1) is 30.6. The summed E-state index contributed by atoms with van der Waals surface area (Å²) in [6, 6.07) is 5.43. The lowest BCUT2D eigenvalue weighted by Gasteiger charge is -2.28. The van der Waals surface area contributed by atoms with Crippen molar-refractivity contribution in [2.45, 2.75) is 39.0 Å². The molecule has 4 N–H and O–H groups in total. The number of aliphatic imine (C=N–C) groups is 1. The molecule has 1 aliphatic carbocycles. The Balaban J connectivity index is 0.000000547. The van der Waals surface area contributed by atoms with Crippen LogP contribution in [0.2, 0.25) is 0 Å². The SMILES string of the molecule is C/C=C/C(=O)NCC1CC2=CC(C3=CNC(C(=O)N(CC)CCOC)N=C3)=CC(Cl)=C(C2)O1.Nc1ccccn1. The second-order valence-electron chi connectivity index (χ2n) is 9.15. The maximum absolute atomic E-state index is 12.7. The van der Waals surface area contributed by atoms with Crippen LogP contribution in [-0.4, -0.2) is 73.5 Å². The molecule has 2 aliphatic heterocycles. The van der Waals surface area contributed by atoms with Crippen molar-refractivity contribution in [1.82, 2.24) is 20.5 Å². The van der Waals surface area contributed by atoms with Crippen LogP contribution < -0.4 is 16.4 Å². The Bertz CT molecular complexity index is 1220. The summed E-state index contributed by atoms with van der Waals surface area (Å²) < 4.78 is 11.1. The third-order valence-electron chi connectivity index (χ3n) is 6.19. The number of aromatic nitrogens is 1. The van der Waals surface area contributed by atoms with Crippen LogP contribution in [-0.2, 0) is 19.1 Å². The van der Waals surface area contributed by atoms with Gasteiger partial charge in [-0.15, -0.1) is 0 Å². The van der Waals surface area contributed by atoms with E-state index in [1.807, 2.05) is 25.1 Å². The fourth-order valence-corrected chi connectivity index (χ4v) is 4.39. The van der Waals surface area contributed by atoms with Crippen LogP contribution in [0.1, 0.15) is 26.7 Å². The minimum Gasteiger partial charge on any atom is -0.491 e. The molecule has 2 unspecified atom stereocenters. The summed E-state index contributed by atoms with van der Waals surface area (Å²) in [4.78, 5) is 34.4. The van der Waals surface area contributed by atoms with Gasteiger partial charge in [0, 0.05) is 57.2 Å². The standard InChI is InChI=1S/C24H31ClN4O4.C5H6N2/c1-4-6-22(30)26-15-19-10-16-9-17(12-20(25)21(11-16)33-19)18-13-27-23(28-14-18)24(31)29(5-2)7-8-32-3;6-5-3-1-2-4-7-5/h4,6,9,12-14,19,23,27H,5,7-8,10-11,15H2,1-3H3,(H,26,30);1-4H,(H2,6,7)/b6-4+;. The molecule has 4 rings (SSSR count). The molecule has 3 heterocycles. The number of rotatable bonds is 9. The summed E-state index contributed by atoms with van der Waals surface area (Å²) >= 11 is 6.55. The van der Waals surface area contributed by atoms with Crippen LogP contribution in [0.4, 0.5) is 5.82 Å². The van der Waals surface area contributed by atoms with Gasteiger partial charge in [-0.25, -0.2) is 4.98 Å². The summed E-state index contributed by atoms with van der Waals surface area (Å²) in [6.45, 7) is 5.71. The van der Waals surface area contributed by atoms with Crippen molar-refractivity contribution < 1.29 is 19.1 Å². The van der Waals surface area contributed by atoms with Gasteiger partial charge in [0.15, 0.2) is 6.17 Å². The predicted octanol–water partition coefficient (Wildman–Crippen LogP) is 3.22. The third kappa shape index (κ3) is 9.10. The Morgan fingerprint density at radius 1 is 1.32 bits per heavy atom. The van der Waals surface area contributed by atoms with E-state index in [0.717, 1.165) is 16.7 Å². The Hall–Kier alpha value is -3.89. The normalized spacial score (nSPS) is 19.6. The fourth-order valence-electron chi connectivity index (χ4n) is 4.16. The zero-order valence-electron chi connectivity index (χ0n) is 23.1. The lowest BCUT2D eigenvalue weighted by atomic mass is 9.97. The number of fused-ring (bicyclic) bond motifs is 2. The van der Waals surface area contributed by atoms with Crippen LogP contribution in [0.3, 0.4) is 0 Å². The van der Waals surface area contributed by atoms with Gasteiger partial charge in [0.2, 0.25) is 5.91 Å². The number of nitrogens with zero attached hydrogens (tertiary/aromatic N) is 3. The Kier molecular flexibility index (Phi) is 12.0. The van der Waals surface area contributed by atoms with E-state index in [1.165, 1.54) is 6.08 Å². The number of hydrogen-bond donors (Lipinski definition) is 3. The highest BCUT2D eigenvalue weighted by atomic mass is 35.5. The number of nitrogens with one attached hydrogen (secondary N) is 2. The summed E-state index contributed by atoms with van der Waals surface area (Å²) in [7, 11) is 1.61. The minimum absolute atomic E-state index is 0.0958. The molecule has 214 valence electrons. The molecule has 0 spiro atoms. The van der Waals surface area contributed by atoms with Gasteiger partial charge < -0.3 is 30.7 Å². The highest BCUT2D eigenvalue weighted by Gasteiger charge is 2.28. The molecular formula is C29H37ClN6O4. The maximum atomic E-state index is 12.7. The van der Waals surface area contributed by atoms with Gasteiger partial charge in [-0.3, -0.25) is 14.6 Å². The molecule has 40 heavy (non-hydrogen) atoms. The van der Waals surface area contributed by atoms with Crippen molar-refractivity contribution >= 4 is 35.4 Å². The number of pyridine rings is 1. The van der Waals surface area contributed by atoms with E-state index in [2.05, 4.69) is 26.7 Å². The Morgan fingerprint density at radius 3 is 2.75 bits per heavy atom. The van der Waals surface area contributed by atoms with Crippen molar-refractivity contribution in [3.8, 4) is 0 Å². The van der Waals surface area contributed by atoms with E-state index in [9.17, 15) is 9.59 Å². The lowest BCUT2D eigenvalue weighted by Crippen LogP contribution is -2.46. The molecule has 0 saturated carbocycles. The zero-order valence-corrected chi connectivity index (χ0v) is 23.9. The molecule has 2 bridgehead atoms. The van der Waals surface area contributed by atoms with Crippen LogP contribution in [0.15, 0.2) is 87.4 Å². The quantitative estimate of drug-likeness (QED) is 0.390. The molecule has 1 aromatic rings. The van der Waals surface area contributed by atoms with Gasteiger partial charge in [-0.05, 0) is 43.7 Å². The molecule has 0 aromatic carbocycles. The van der Waals surface area contributed by atoms with Gasteiger partial charge in [-0.2, -0.15) is 0 Å². The number of nitrogen functional groups attached to an aromatic ring is 1. The maximum Gasteiger partial charge on any atom is 0.267 e. The average Bonchev–Trinajstić information content (AvgIpc) is 3.07. The molecule has 1 fully saturated rings. The van der Waals surface area contributed by atoms with Gasteiger partial charge >= 0.3 is 0 Å². The minimum atomic E-state index is -0.661. The number of carbonyl (C=O) groups is 2. The number of amides is 2. The Labute approximate surface area is 240 Å². The number of hydrogen-bond acceptors (Lipinski definition) is 8. The first-order valence-corrected chi connectivity index (χ1v) is 13.5. The molecule has 2 atom stereocenters. The van der Waals surface area contributed by atoms with Crippen molar-refractivity contribution in [1.29, 1.82) is 0 Å². The van der Waals surface area contributed by atoms with Gasteiger partial charge in [0.25, 0.3) is 5.91 Å². The molecule has 2 amide bonds. The average molecular weight is 569 g/mol. The predicted molar refractivity (Wildman–Crippen MR) is 157 cm³/mol. The number of likely N-dealkylation sites (N-methyl/N-ethyl adjacent to an activating group) is 1. The topological polar surface area (TPSA) is 131 Å². The summed E-state index contributed by atoms with van der Waals surface area (Å²) in [6.07, 6.45) is 12.7. The van der Waals surface area contributed by atoms with E-state index in [-0.39, 0.29) is 17.9 Å². The fraction of sp³-hybridized carbons (Fsp3) is 0.379. The van der Waals surface area contributed by atoms with Crippen LogP contribution in [0.5, 0.6) is 0 Å². The number of halogens is 1. The second kappa shape index (κ2) is 15.6. The summed E-state index contributed by atoms with van der Waals surface area (Å²) in [5.41, 5.74) is 8.13.